The summed E-state index contributed by atoms with van der Waals surface area (Å²) in [6.07, 6.45) is 66.1. The van der Waals surface area contributed by atoms with Crippen LogP contribution in [0.15, 0.2) is 48.6 Å². The minimum absolute atomic E-state index is 0.0334. The van der Waals surface area contributed by atoms with E-state index in [1.165, 1.54) is 186 Å². The van der Waals surface area contributed by atoms with Crippen LogP contribution in [0.4, 0.5) is 0 Å². The van der Waals surface area contributed by atoms with Crippen molar-refractivity contribution in [2.75, 3.05) is 47.5 Å². The molecule has 9 nitrogen and oxygen atoms in total. The van der Waals surface area contributed by atoms with Crippen molar-refractivity contribution in [1.82, 2.24) is 0 Å². The minimum atomic E-state index is -4.38. The molecule has 0 radical (unpaired) electrons. The molecular formula is C61H115NO8P+. The van der Waals surface area contributed by atoms with E-state index < -0.39 is 26.5 Å². The normalized spacial score (nSPS) is 13.6. The van der Waals surface area contributed by atoms with Crippen LogP contribution >= 0.6 is 7.82 Å². The second kappa shape index (κ2) is 52.8. The summed E-state index contributed by atoms with van der Waals surface area (Å²) in [5.74, 6) is -0.783. The molecule has 0 spiro atoms. The van der Waals surface area contributed by atoms with Crippen LogP contribution in [0.1, 0.15) is 277 Å². The van der Waals surface area contributed by atoms with E-state index in [1.807, 2.05) is 21.1 Å². The van der Waals surface area contributed by atoms with Crippen molar-refractivity contribution in [3.63, 3.8) is 0 Å². The number of esters is 2. The second-order valence-electron chi connectivity index (χ2n) is 21.4. The van der Waals surface area contributed by atoms with Gasteiger partial charge in [-0.3, -0.25) is 18.6 Å². The van der Waals surface area contributed by atoms with Gasteiger partial charge in [0.05, 0.1) is 27.7 Å². The Bertz CT molecular complexity index is 1340. The lowest BCUT2D eigenvalue weighted by Crippen LogP contribution is -2.37. The zero-order valence-electron chi connectivity index (χ0n) is 47.2. The molecule has 71 heavy (non-hydrogen) atoms. The Labute approximate surface area is 439 Å². The molecule has 0 amide bonds. The van der Waals surface area contributed by atoms with Gasteiger partial charge in [-0.25, -0.2) is 4.57 Å². The van der Waals surface area contributed by atoms with Crippen LogP contribution in [0.3, 0.4) is 0 Å². The van der Waals surface area contributed by atoms with Gasteiger partial charge in [0.2, 0.25) is 0 Å². The number of carbonyl (C=O) groups excluding carboxylic acids is 2. The average Bonchev–Trinajstić information content (AvgIpc) is 3.33. The minimum Gasteiger partial charge on any atom is -0.462 e. The Hall–Kier alpha value is -2.03. The number of quaternary nitrogens is 1. The number of rotatable bonds is 55. The van der Waals surface area contributed by atoms with Crippen LogP contribution in [0.2, 0.25) is 0 Å². The van der Waals surface area contributed by atoms with Gasteiger partial charge in [0.1, 0.15) is 19.8 Å². The molecule has 2 unspecified atom stereocenters. The lowest BCUT2D eigenvalue weighted by Gasteiger charge is -2.24. The average molecular weight is 1020 g/mol. The molecule has 0 aromatic rings. The predicted octanol–water partition coefficient (Wildman–Crippen LogP) is 18.5. The largest absolute Gasteiger partial charge is 0.472 e. The first-order valence-corrected chi connectivity index (χ1v) is 31.4. The smallest absolute Gasteiger partial charge is 0.462 e. The summed E-state index contributed by atoms with van der Waals surface area (Å²) in [4.78, 5) is 35.7. The van der Waals surface area contributed by atoms with Crippen molar-refractivity contribution in [1.29, 1.82) is 0 Å². The van der Waals surface area contributed by atoms with Crippen LogP contribution < -0.4 is 0 Å². The van der Waals surface area contributed by atoms with Gasteiger partial charge in [0.15, 0.2) is 6.10 Å². The van der Waals surface area contributed by atoms with Gasteiger partial charge < -0.3 is 18.9 Å². The number of nitrogens with zero attached hydrogens (tertiary/aromatic N) is 1. The van der Waals surface area contributed by atoms with Crippen LogP contribution in [-0.4, -0.2) is 74.9 Å². The van der Waals surface area contributed by atoms with Crippen LogP contribution in [0.25, 0.3) is 0 Å². The van der Waals surface area contributed by atoms with E-state index in [4.69, 9.17) is 18.5 Å². The second-order valence-corrected chi connectivity index (χ2v) is 22.8. The topological polar surface area (TPSA) is 108 Å². The number of phosphoric acid groups is 1. The molecule has 1 N–H and O–H groups in total. The molecule has 0 aliphatic carbocycles. The van der Waals surface area contributed by atoms with E-state index in [0.29, 0.717) is 23.9 Å². The summed E-state index contributed by atoms with van der Waals surface area (Å²) in [6, 6.07) is 0. The third-order valence-electron chi connectivity index (χ3n) is 13.1. The fourth-order valence-corrected chi connectivity index (χ4v) is 9.28. The predicted molar refractivity (Wildman–Crippen MR) is 303 cm³/mol. The van der Waals surface area contributed by atoms with Gasteiger partial charge in [-0.05, 0) is 51.4 Å². The van der Waals surface area contributed by atoms with Crippen molar-refractivity contribution >= 4 is 19.8 Å². The van der Waals surface area contributed by atoms with Crippen LogP contribution in [0.5, 0.6) is 0 Å². The summed E-state index contributed by atoms with van der Waals surface area (Å²) in [6.45, 7) is 4.37. The van der Waals surface area contributed by atoms with Crippen LogP contribution in [-0.2, 0) is 32.7 Å². The first kappa shape index (κ1) is 69.0. The number of hydrogen-bond acceptors (Lipinski definition) is 7. The number of phosphoric ester groups is 1. The molecule has 0 saturated heterocycles. The fourth-order valence-electron chi connectivity index (χ4n) is 8.54. The van der Waals surface area contributed by atoms with E-state index in [9.17, 15) is 19.0 Å². The van der Waals surface area contributed by atoms with E-state index in [1.54, 1.807) is 0 Å². The van der Waals surface area contributed by atoms with Crippen molar-refractivity contribution in [2.24, 2.45) is 0 Å². The number of hydrogen-bond donors (Lipinski definition) is 1. The zero-order valence-corrected chi connectivity index (χ0v) is 48.1. The third-order valence-corrected chi connectivity index (χ3v) is 14.1. The van der Waals surface area contributed by atoms with Crippen molar-refractivity contribution in [3.8, 4) is 0 Å². The SMILES string of the molecule is CC/C=C\C/C=C\C/C=C\C/C=C\CCCCCCCCCCCCCCCCCCC(=O)OC(COC(=O)CCCCCCCCCCCCCCCCCCCC)COP(=O)(O)OCC[N+](C)(C)C. The molecule has 0 aliphatic rings. The molecule has 0 heterocycles. The lowest BCUT2D eigenvalue weighted by molar-refractivity contribution is -0.870. The van der Waals surface area contributed by atoms with E-state index >= 15 is 0 Å². The van der Waals surface area contributed by atoms with Crippen LogP contribution in [0, 0.1) is 0 Å². The molecule has 0 bridgehead atoms. The van der Waals surface area contributed by atoms with Crippen molar-refractivity contribution in [3.05, 3.63) is 48.6 Å². The Kier molecular flexibility index (Phi) is 51.3. The van der Waals surface area contributed by atoms with Gasteiger partial charge in [-0.1, -0.05) is 262 Å². The molecule has 0 rings (SSSR count). The number of likely N-dealkylation sites (N-methyl/N-ethyl adjacent to an activating group) is 1. The van der Waals surface area contributed by atoms with Gasteiger partial charge in [-0.15, -0.1) is 0 Å². The molecule has 2 atom stereocenters. The van der Waals surface area contributed by atoms with E-state index in [-0.39, 0.29) is 25.6 Å². The third kappa shape index (κ3) is 57.1. The maximum atomic E-state index is 12.8. The highest BCUT2D eigenvalue weighted by Gasteiger charge is 2.27. The molecule has 416 valence electrons. The first-order chi connectivity index (χ1) is 34.5. The summed E-state index contributed by atoms with van der Waals surface area (Å²) < 4.78 is 34.6. The Morgan fingerprint density at radius 1 is 0.451 bits per heavy atom. The molecule has 0 aliphatic heterocycles. The van der Waals surface area contributed by atoms with Gasteiger partial charge in [0, 0.05) is 12.8 Å². The maximum absolute atomic E-state index is 12.8. The van der Waals surface area contributed by atoms with Gasteiger partial charge in [-0.2, -0.15) is 0 Å². The summed E-state index contributed by atoms with van der Waals surface area (Å²) in [5.41, 5.74) is 0. The summed E-state index contributed by atoms with van der Waals surface area (Å²) >= 11 is 0. The Balaban J connectivity index is 4.08. The zero-order chi connectivity index (χ0) is 52.0. The summed E-state index contributed by atoms with van der Waals surface area (Å²) in [7, 11) is 1.49. The molecule has 10 heteroatoms. The van der Waals surface area contributed by atoms with Gasteiger partial charge in [0.25, 0.3) is 0 Å². The first-order valence-electron chi connectivity index (χ1n) is 29.9. The number of allylic oxidation sites excluding steroid dienone is 8. The highest BCUT2D eigenvalue weighted by atomic mass is 31.2. The molecular weight excluding hydrogens is 906 g/mol. The molecule has 0 aromatic carbocycles. The fraction of sp³-hybridized carbons (Fsp3) is 0.836. The molecule has 0 fully saturated rings. The Morgan fingerprint density at radius 2 is 0.803 bits per heavy atom. The Morgan fingerprint density at radius 3 is 1.20 bits per heavy atom. The number of ether oxygens (including phenoxy) is 2. The van der Waals surface area contributed by atoms with Crippen molar-refractivity contribution < 1.29 is 42.1 Å². The van der Waals surface area contributed by atoms with Crippen molar-refractivity contribution in [2.45, 2.75) is 283 Å². The monoisotopic (exact) mass is 1020 g/mol. The van der Waals surface area contributed by atoms with E-state index in [0.717, 1.165) is 57.8 Å². The highest BCUT2D eigenvalue weighted by molar-refractivity contribution is 7.47. The van der Waals surface area contributed by atoms with E-state index in [2.05, 4.69) is 62.5 Å². The standard InChI is InChI=1S/C61H114NO8P/c1-6-8-10-12-14-16-18-20-22-24-26-27-28-29-30-31-32-33-34-35-36-38-40-42-44-46-48-50-52-54-61(64)70-59(58-69-71(65,66)68-56-55-62(3,4)5)57-67-60(63)53-51-49-47-45-43-41-39-37-25-23-21-19-17-15-13-11-9-7-2/h8,10,14,16,20,22,26-27,59H,6-7,9,11-13,15,17-19,21,23-25,28-58H2,1-5H3/p+1/b10-8-,16-14-,22-20-,27-26-. The molecule has 0 aromatic heterocycles. The van der Waals surface area contributed by atoms with Gasteiger partial charge >= 0.3 is 19.8 Å². The highest BCUT2D eigenvalue weighted by Crippen LogP contribution is 2.43. The number of unbranched alkanes of at least 4 members (excludes halogenated alkanes) is 33. The number of carbonyl (C=O) groups is 2. The molecule has 0 saturated carbocycles. The maximum Gasteiger partial charge on any atom is 0.472 e. The lowest BCUT2D eigenvalue weighted by atomic mass is 10.0. The summed E-state index contributed by atoms with van der Waals surface area (Å²) in [5, 5.41) is 0. The quantitative estimate of drug-likeness (QED) is 0.0211.